The molecule has 0 fully saturated rings. The molecule has 5 atom stereocenters. The summed E-state index contributed by atoms with van der Waals surface area (Å²) in [5.41, 5.74) is 0. The van der Waals surface area contributed by atoms with E-state index in [9.17, 15) is 43.5 Å². The molecule has 0 aromatic rings. The Bertz CT molecular complexity index is 2230. The number of hydrogen-bond donors (Lipinski definition) is 4. The fourth-order valence-electron chi connectivity index (χ4n) is 9.03. The summed E-state index contributed by atoms with van der Waals surface area (Å²) in [6.07, 6.45) is 79.5. The summed E-state index contributed by atoms with van der Waals surface area (Å²) in [5.74, 6) is -1.68. The summed E-state index contributed by atoms with van der Waals surface area (Å²) in [6.45, 7) is 2.34. The van der Waals surface area contributed by atoms with Gasteiger partial charge in [0, 0.05) is 19.3 Å². The van der Waals surface area contributed by atoms with Crippen LogP contribution in [0.25, 0.3) is 0 Å². The molecule has 4 N–H and O–H groups in total. The smallest absolute Gasteiger partial charge is 0.463 e. The van der Waals surface area contributed by atoms with E-state index in [0.717, 1.165) is 122 Å². The predicted molar refractivity (Wildman–Crippen MR) is 380 cm³/mol. The molecule has 0 radical (unpaired) electrons. The number of allylic oxidation sites excluding steroid dienone is 22. The second-order valence-electron chi connectivity index (χ2n) is 23.3. The Balaban J connectivity index is 4.63. The predicted octanol–water partition coefficient (Wildman–Crippen LogP) is 20.0. The first kappa shape index (κ1) is 88.7. The van der Waals surface area contributed by atoms with Crippen LogP contribution in [0.5, 0.6) is 0 Å². The molecule has 0 spiro atoms. The number of carbonyl (C=O) groups excluding carboxylic acids is 3. The fraction of sp³-hybridized carbons (Fsp3) is 0.667. The van der Waals surface area contributed by atoms with E-state index < -0.39 is 91.5 Å². The monoisotopic (exact) mass is 1340 g/mol. The molecule has 532 valence electrons. The van der Waals surface area contributed by atoms with Gasteiger partial charge in [0.05, 0.1) is 26.4 Å². The Morgan fingerprint density at radius 1 is 0.312 bits per heavy atom. The van der Waals surface area contributed by atoms with Crippen molar-refractivity contribution in [2.45, 2.75) is 283 Å². The second-order valence-corrected chi connectivity index (χ2v) is 26.2. The molecule has 16 nitrogen and oxygen atoms in total. The normalized spacial score (nSPS) is 15.0. The Morgan fingerprint density at radius 3 is 0.968 bits per heavy atom. The minimum absolute atomic E-state index is 0.0439. The summed E-state index contributed by atoms with van der Waals surface area (Å²) < 4.78 is 60.8. The SMILES string of the molecule is CC/C=C\C/C=C\C/C=C\C/C=C\C/C=C\C/C=C\CCC(=O)OCC(COP(=O)(O)OCC(O)COP(=O)(O)OCC(O)COC(=O)CCCCCCCCCCC/C=C\C/C=C\C/C=C\C/C=C\C/C=C\CC)OC(=O)CCCCCCCCCCCCCCC. The molecule has 0 saturated carbocycles. The zero-order valence-electron chi connectivity index (χ0n) is 57.6. The maximum atomic E-state index is 12.9. The van der Waals surface area contributed by atoms with Crippen molar-refractivity contribution in [1.29, 1.82) is 0 Å². The average Bonchev–Trinajstić information content (AvgIpc) is 3.74. The highest BCUT2D eigenvalue weighted by Gasteiger charge is 2.29. The van der Waals surface area contributed by atoms with E-state index in [0.29, 0.717) is 25.7 Å². The summed E-state index contributed by atoms with van der Waals surface area (Å²) in [5, 5.41) is 20.6. The van der Waals surface area contributed by atoms with Gasteiger partial charge in [-0.05, 0) is 103 Å². The van der Waals surface area contributed by atoms with Crippen molar-refractivity contribution in [3.8, 4) is 0 Å². The van der Waals surface area contributed by atoms with Gasteiger partial charge in [0.15, 0.2) is 6.10 Å². The Labute approximate surface area is 563 Å². The minimum atomic E-state index is -4.94. The van der Waals surface area contributed by atoms with E-state index in [2.05, 4.69) is 136 Å². The largest absolute Gasteiger partial charge is 0.472 e. The van der Waals surface area contributed by atoms with Crippen molar-refractivity contribution >= 4 is 33.6 Å². The standard InChI is InChI=1S/C75H126O16P2/c1-4-7-10-13-16-19-22-25-27-29-31-32-33-34-35-36-38-40-41-44-46-49-52-55-58-61-73(78)85-64-70(76)65-87-92(81,82)88-66-71(77)67-89-93(83,84)90-69-72(91-75(80)63-60-57-54-51-48-43-24-21-18-15-12-9-6-3)68-86-74(79)62-59-56-53-50-47-45-42-39-37-30-28-26-23-20-17-14-11-8-5-2/h7-8,10-11,16-17,19-20,25-28,31-32,34-35,37,39,45,47,53,56,70-72,76-77H,4-6,9,12-15,18,21-24,29-30,33,36,38,40-44,46,48-52,54-55,57-69H2,1-3H3,(H,81,82)(H,83,84)/b10-7-,11-8-,19-16-,20-17-,27-25-,28-26-,32-31-,35-34-,39-37-,47-45-,56-53-. The van der Waals surface area contributed by atoms with Crippen LogP contribution in [0.3, 0.4) is 0 Å². The van der Waals surface area contributed by atoms with Crippen LogP contribution in [0, 0.1) is 0 Å². The molecule has 0 bridgehead atoms. The van der Waals surface area contributed by atoms with E-state index in [1.165, 1.54) is 77.0 Å². The lowest BCUT2D eigenvalue weighted by Crippen LogP contribution is -2.30. The number of unbranched alkanes of at least 4 members (excludes halogenated alkanes) is 21. The highest BCUT2D eigenvalue weighted by atomic mass is 31.2. The van der Waals surface area contributed by atoms with Crippen LogP contribution in [-0.2, 0) is 55.8 Å². The number of aliphatic hydroxyl groups is 2. The number of hydrogen-bond acceptors (Lipinski definition) is 14. The highest BCUT2D eigenvalue weighted by Crippen LogP contribution is 2.45. The Hall–Kier alpha value is -4.31. The van der Waals surface area contributed by atoms with Gasteiger partial charge >= 0.3 is 33.6 Å². The van der Waals surface area contributed by atoms with Gasteiger partial charge in [0.1, 0.15) is 25.4 Å². The van der Waals surface area contributed by atoms with Crippen molar-refractivity contribution in [2.24, 2.45) is 0 Å². The number of rotatable bonds is 66. The third-order valence-electron chi connectivity index (χ3n) is 14.4. The maximum absolute atomic E-state index is 12.9. The molecule has 0 amide bonds. The van der Waals surface area contributed by atoms with Crippen molar-refractivity contribution in [2.75, 3.05) is 39.6 Å². The lowest BCUT2D eigenvalue weighted by atomic mass is 10.0. The number of phosphoric acid groups is 2. The zero-order chi connectivity index (χ0) is 68.1. The van der Waals surface area contributed by atoms with Gasteiger partial charge < -0.3 is 34.2 Å². The fourth-order valence-corrected chi connectivity index (χ4v) is 10.6. The molecule has 0 aliphatic rings. The van der Waals surface area contributed by atoms with Crippen LogP contribution in [-0.4, -0.2) is 95.9 Å². The average molecular weight is 1350 g/mol. The lowest BCUT2D eigenvalue weighted by molar-refractivity contribution is -0.161. The van der Waals surface area contributed by atoms with Crippen LogP contribution in [0.2, 0.25) is 0 Å². The third-order valence-corrected chi connectivity index (χ3v) is 16.3. The van der Waals surface area contributed by atoms with Crippen LogP contribution in [0.4, 0.5) is 0 Å². The quantitative estimate of drug-likeness (QED) is 0.0146. The molecular weight excluding hydrogens is 1220 g/mol. The van der Waals surface area contributed by atoms with Crippen molar-refractivity contribution in [3.05, 3.63) is 134 Å². The molecule has 0 aromatic heterocycles. The third kappa shape index (κ3) is 68.9. The highest BCUT2D eigenvalue weighted by molar-refractivity contribution is 7.47. The van der Waals surface area contributed by atoms with Crippen LogP contribution >= 0.6 is 15.6 Å². The molecule has 0 aliphatic heterocycles. The molecular formula is C75H126O16P2. The molecule has 0 rings (SSSR count). The van der Waals surface area contributed by atoms with E-state index in [1.54, 1.807) is 0 Å². The van der Waals surface area contributed by atoms with E-state index >= 15 is 0 Å². The second kappa shape index (κ2) is 67.7. The van der Waals surface area contributed by atoms with Gasteiger partial charge in [-0.25, -0.2) is 9.13 Å². The minimum Gasteiger partial charge on any atom is -0.463 e. The molecule has 0 aromatic carbocycles. The van der Waals surface area contributed by atoms with Crippen molar-refractivity contribution in [1.82, 2.24) is 0 Å². The molecule has 18 heteroatoms. The number of phosphoric ester groups is 2. The van der Waals surface area contributed by atoms with Crippen LogP contribution < -0.4 is 0 Å². The first-order valence-corrected chi connectivity index (χ1v) is 38.5. The van der Waals surface area contributed by atoms with E-state index in [1.807, 2.05) is 18.2 Å². The van der Waals surface area contributed by atoms with Gasteiger partial charge in [0.25, 0.3) is 0 Å². The Morgan fingerprint density at radius 2 is 0.591 bits per heavy atom. The van der Waals surface area contributed by atoms with Crippen LogP contribution in [0.1, 0.15) is 265 Å². The number of aliphatic hydroxyl groups excluding tert-OH is 2. The van der Waals surface area contributed by atoms with Gasteiger partial charge in [0.2, 0.25) is 0 Å². The molecule has 0 heterocycles. The lowest BCUT2D eigenvalue weighted by Gasteiger charge is -2.21. The summed E-state index contributed by atoms with van der Waals surface area (Å²) in [6, 6.07) is 0. The number of carbonyl (C=O) groups is 3. The first-order valence-electron chi connectivity index (χ1n) is 35.5. The van der Waals surface area contributed by atoms with E-state index in [4.69, 9.17) is 32.3 Å². The Kier molecular flexibility index (Phi) is 64.5. The van der Waals surface area contributed by atoms with E-state index in [-0.39, 0.29) is 19.3 Å². The van der Waals surface area contributed by atoms with Crippen molar-refractivity contribution in [3.63, 3.8) is 0 Å². The molecule has 0 saturated heterocycles. The van der Waals surface area contributed by atoms with Gasteiger partial charge in [-0.2, -0.15) is 0 Å². The number of ether oxygens (including phenoxy) is 3. The van der Waals surface area contributed by atoms with Gasteiger partial charge in [-0.1, -0.05) is 276 Å². The maximum Gasteiger partial charge on any atom is 0.472 e. The molecule has 93 heavy (non-hydrogen) atoms. The van der Waals surface area contributed by atoms with Crippen molar-refractivity contribution < 1.29 is 75.8 Å². The van der Waals surface area contributed by atoms with Gasteiger partial charge in [-0.3, -0.25) is 32.5 Å². The topological polar surface area (TPSA) is 231 Å². The summed E-state index contributed by atoms with van der Waals surface area (Å²) in [7, 11) is -9.80. The molecule has 0 aliphatic carbocycles. The van der Waals surface area contributed by atoms with Crippen LogP contribution in [0.15, 0.2) is 134 Å². The first-order chi connectivity index (χ1) is 45.2. The molecule has 5 unspecified atom stereocenters. The number of esters is 3. The summed E-state index contributed by atoms with van der Waals surface area (Å²) in [4.78, 5) is 58.4. The zero-order valence-corrected chi connectivity index (χ0v) is 59.4. The summed E-state index contributed by atoms with van der Waals surface area (Å²) >= 11 is 0. The van der Waals surface area contributed by atoms with Gasteiger partial charge in [-0.15, -0.1) is 0 Å².